The Morgan fingerprint density at radius 2 is 1.95 bits per heavy atom. The van der Waals surface area contributed by atoms with Crippen molar-refractivity contribution in [1.82, 2.24) is 5.32 Å². The second-order valence-corrected chi connectivity index (χ2v) is 7.07. The molecule has 0 aliphatic heterocycles. The van der Waals surface area contributed by atoms with Crippen molar-refractivity contribution in [2.24, 2.45) is 0 Å². The predicted octanol–water partition coefficient (Wildman–Crippen LogP) is 5.09. The first-order chi connectivity index (χ1) is 10.3. The maximum Gasteiger partial charge on any atom is 0.253 e. The van der Waals surface area contributed by atoms with Crippen molar-refractivity contribution < 1.29 is 4.79 Å². The topological polar surface area (TPSA) is 29.1 Å². The summed E-state index contributed by atoms with van der Waals surface area (Å²) in [6.45, 7) is 0. The van der Waals surface area contributed by atoms with E-state index in [2.05, 4.69) is 32.7 Å². The molecule has 21 heavy (non-hydrogen) atoms. The Bertz CT molecular complexity index is 688. The van der Waals surface area contributed by atoms with Crippen molar-refractivity contribution in [3.8, 4) is 0 Å². The number of benzene rings is 1. The van der Waals surface area contributed by atoms with Crippen LogP contribution in [0.2, 0.25) is 0 Å². The molecule has 0 unspecified atom stereocenters. The second kappa shape index (κ2) is 6.56. The van der Waals surface area contributed by atoms with Gasteiger partial charge in [-0.05, 0) is 61.9 Å². The highest BCUT2D eigenvalue weighted by atomic mass is 79.9. The Labute approximate surface area is 139 Å². The maximum atomic E-state index is 12.5. The molecule has 0 aliphatic rings. The van der Waals surface area contributed by atoms with Crippen LogP contribution in [0.4, 0.5) is 0 Å². The minimum absolute atomic E-state index is 0.0768. The predicted molar refractivity (Wildman–Crippen MR) is 92.1 cm³/mol. The van der Waals surface area contributed by atoms with E-state index < -0.39 is 0 Å². The number of hydrogen-bond acceptors (Lipinski definition) is 3. The zero-order valence-corrected chi connectivity index (χ0v) is 14.2. The molecular weight excluding hydrogens is 366 g/mol. The van der Waals surface area contributed by atoms with Crippen molar-refractivity contribution in [3.63, 3.8) is 0 Å². The number of nitrogens with one attached hydrogen (secondary N) is 1. The Balaban J connectivity index is 1.89. The lowest BCUT2D eigenvalue weighted by Gasteiger charge is -2.17. The molecule has 2 nitrogen and oxygen atoms in total. The lowest BCUT2D eigenvalue weighted by Crippen LogP contribution is -2.28. The molecule has 0 bridgehead atoms. The summed E-state index contributed by atoms with van der Waals surface area (Å²) in [5, 5.41) is 9.26. The Morgan fingerprint density at radius 3 is 2.62 bits per heavy atom. The maximum absolute atomic E-state index is 12.5. The van der Waals surface area contributed by atoms with Gasteiger partial charge in [0.2, 0.25) is 0 Å². The molecule has 3 rings (SSSR count). The van der Waals surface area contributed by atoms with E-state index >= 15 is 0 Å². The first-order valence-corrected chi connectivity index (χ1v) is 8.98. The number of rotatable bonds is 4. The summed E-state index contributed by atoms with van der Waals surface area (Å²) < 4.78 is 0.803. The first kappa shape index (κ1) is 14.5. The van der Waals surface area contributed by atoms with Crippen molar-refractivity contribution in [3.05, 3.63) is 79.1 Å². The lowest BCUT2D eigenvalue weighted by molar-refractivity contribution is 0.0943. The smallest absolute Gasteiger partial charge is 0.253 e. The molecule has 2 heterocycles. The molecule has 0 radical (unpaired) electrons. The molecule has 0 aliphatic carbocycles. The number of halogens is 1. The molecule has 1 N–H and O–H groups in total. The van der Waals surface area contributed by atoms with E-state index in [0.29, 0.717) is 5.56 Å². The van der Waals surface area contributed by atoms with Gasteiger partial charge in [0.25, 0.3) is 5.91 Å². The minimum Gasteiger partial charge on any atom is -0.340 e. The minimum atomic E-state index is -0.101. The van der Waals surface area contributed by atoms with Crippen LogP contribution in [0.5, 0.6) is 0 Å². The molecule has 0 saturated heterocycles. The Kier molecular flexibility index (Phi) is 4.53. The molecule has 1 aromatic carbocycles. The summed E-state index contributed by atoms with van der Waals surface area (Å²) in [5.41, 5.74) is 1.76. The lowest BCUT2D eigenvalue weighted by atomic mass is 10.1. The summed E-state index contributed by atoms with van der Waals surface area (Å²) in [6.07, 6.45) is 0. The van der Waals surface area contributed by atoms with Crippen LogP contribution in [-0.4, -0.2) is 5.91 Å². The van der Waals surface area contributed by atoms with Gasteiger partial charge in [-0.15, -0.1) is 11.3 Å². The fraction of sp³-hybridized carbons (Fsp3) is 0.0625. The second-order valence-electron chi connectivity index (χ2n) is 4.46. The van der Waals surface area contributed by atoms with Crippen LogP contribution >= 0.6 is 38.6 Å². The summed E-state index contributed by atoms with van der Waals surface area (Å²) >= 11 is 6.71. The zero-order chi connectivity index (χ0) is 14.7. The number of amides is 1. The molecule has 0 spiro atoms. The fourth-order valence-electron chi connectivity index (χ4n) is 2.07. The van der Waals surface area contributed by atoms with Crippen molar-refractivity contribution in [2.45, 2.75) is 6.04 Å². The zero-order valence-electron chi connectivity index (χ0n) is 11.0. The van der Waals surface area contributed by atoms with E-state index in [4.69, 9.17) is 0 Å². The summed E-state index contributed by atoms with van der Waals surface area (Å²) in [7, 11) is 0. The third-order valence-corrected chi connectivity index (χ3v) is 5.43. The third-order valence-electron chi connectivity index (χ3n) is 3.10. The van der Waals surface area contributed by atoms with Crippen molar-refractivity contribution in [2.75, 3.05) is 0 Å². The molecule has 3 aromatic rings. The average Bonchev–Trinajstić information content (AvgIpc) is 3.18. The third kappa shape index (κ3) is 3.26. The molecule has 5 heteroatoms. The molecule has 0 fully saturated rings. The van der Waals surface area contributed by atoms with Crippen LogP contribution in [0, 0.1) is 0 Å². The number of hydrogen-bond donors (Lipinski definition) is 1. The molecule has 1 amide bonds. The van der Waals surface area contributed by atoms with Crippen LogP contribution in [0.15, 0.2) is 63.1 Å². The van der Waals surface area contributed by atoms with E-state index in [1.54, 1.807) is 22.7 Å². The van der Waals surface area contributed by atoms with E-state index in [0.717, 1.165) is 14.9 Å². The van der Waals surface area contributed by atoms with E-state index in [1.807, 2.05) is 47.2 Å². The van der Waals surface area contributed by atoms with Crippen molar-refractivity contribution >= 4 is 44.5 Å². The highest BCUT2D eigenvalue weighted by Gasteiger charge is 2.20. The van der Waals surface area contributed by atoms with Gasteiger partial charge in [-0.25, -0.2) is 0 Å². The van der Waals surface area contributed by atoms with Gasteiger partial charge in [0.15, 0.2) is 0 Å². The van der Waals surface area contributed by atoms with Gasteiger partial charge in [0.1, 0.15) is 0 Å². The van der Waals surface area contributed by atoms with Gasteiger partial charge < -0.3 is 5.32 Å². The number of carbonyl (C=O) groups is 1. The summed E-state index contributed by atoms with van der Waals surface area (Å²) in [6, 6.07) is 13.5. The van der Waals surface area contributed by atoms with Gasteiger partial charge in [-0.2, -0.15) is 11.3 Å². The van der Waals surface area contributed by atoms with Gasteiger partial charge in [-0.1, -0.05) is 18.2 Å². The molecule has 0 saturated carbocycles. The van der Waals surface area contributed by atoms with Gasteiger partial charge in [0, 0.05) is 9.35 Å². The first-order valence-electron chi connectivity index (χ1n) is 6.36. The van der Waals surface area contributed by atoms with Crippen LogP contribution in [0.25, 0.3) is 0 Å². The quantitative estimate of drug-likeness (QED) is 0.673. The molecular formula is C16H12BrNOS2. The van der Waals surface area contributed by atoms with Gasteiger partial charge >= 0.3 is 0 Å². The molecule has 2 aromatic heterocycles. The number of thiophene rings is 2. The largest absolute Gasteiger partial charge is 0.340 e. The van der Waals surface area contributed by atoms with Gasteiger partial charge in [0.05, 0.1) is 11.6 Å². The molecule has 1 atom stereocenters. The normalized spacial score (nSPS) is 12.0. The van der Waals surface area contributed by atoms with E-state index in [1.165, 1.54) is 0 Å². The summed E-state index contributed by atoms with van der Waals surface area (Å²) in [4.78, 5) is 13.7. The van der Waals surface area contributed by atoms with E-state index in [-0.39, 0.29) is 11.9 Å². The number of carbonyl (C=O) groups excluding carboxylic acids is 1. The van der Waals surface area contributed by atoms with Crippen LogP contribution < -0.4 is 5.32 Å². The van der Waals surface area contributed by atoms with Gasteiger partial charge in [-0.3, -0.25) is 4.79 Å². The average molecular weight is 378 g/mol. The highest BCUT2D eigenvalue weighted by Crippen LogP contribution is 2.28. The van der Waals surface area contributed by atoms with E-state index in [9.17, 15) is 4.79 Å². The summed E-state index contributed by atoms with van der Waals surface area (Å²) in [5.74, 6) is -0.0768. The standard InChI is InChI=1S/C16H12BrNOS2/c17-13-5-2-1-4-12(13)16(19)18-15(11-7-9-20-10-11)14-6-3-8-21-14/h1-10,15H,(H,18,19)/t15-/m0/s1. The van der Waals surface area contributed by atoms with Crippen LogP contribution in [0.1, 0.15) is 26.8 Å². The van der Waals surface area contributed by atoms with Crippen LogP contribution in [0.3, 0.4) is 0 Å². The highest BCUT2D eigenvalue weighted by molar-refractivity contribution is 9.10. The Morgan fingerprint density at radius 1 is 1.10 bits per heavy atom. The monoisotopic (exact) mass is 377 g/mol. The van der Waals surface area contributed by atoms with Crippen LogP contribution in [-0.2, 0) is 0 Å². The van der Waals surface area contributed by atoms with Crippen molar-refractivity contribution in [1.29, 1.82) is 0 Å². The Hall–Kier alpha value is -1.43. The molecule has 106 valence electrons. The SMILES string of the molecule is O=C(N[C@@H](c1ccsc1)c1cccs1)c1ccccc1Br. The fourth-order valence-corrected chi connectivity index (χ4v) is 4.02.